The lowest BCUT2D eigenvalue weighted by molar-refractivity contribution is 0.401. The maximum atomic E-state index is 5.76. The van der Waals surface area contributed by atoms with Gasteiger partial charge in [-0.15, -0.1) is 0 Å². The van der Waals surface area contributed by atoms with E-state index in [-0.39, 0.29) is 5.41 Å². The van der Waals surface area contributed by atoms with E-state index in [1.807, 2.05) is 24.3 Å². The Morgan fingerprint density at radius 1 is 0.245 bits per heavy atom. The van der Waals surface area contributed by atoms with Crippen LogP contribution in [0.15, 0.2) is 279 Å². The molecule has 0 aliphatic heterocycles. The minimum absolute atomic E-state index is 0.223. The van der Waals surface area contributed by atoms with Crippen molar-refractivity contribution in [2.45, 2.75) is 104 Å². The summed E-state index contributed by atoms with van der Waals surface area (Å²) in [5, 5.41) is 0. The number of rotatable bonds is 27. The number of benzene rings is 12. The Balaban J connectivity index is 0.858. The Morgan fingerprint density at radius 2 is 0.459 bits per heavy atom. The summed E-state index contributed by atoms with van der Waals surface area (Å²) >= 11 is 0. The maximum absolute atomic E-state index is 5.76. The zero-order valence-electron chi connectivity index (χ0n) is 58.1. The summed E-state index contributed by atoms with van der Waals surface area (Å²) in [7, 11) is 5.16. The van der Waals surface area contributed by atoms with Crippen LogP contribution in [0.3, 0.4) is 0 Å². The molecule has 12 aromatic carbocycles. The molecule has 98 heavy (non-hydrogen) atoms. The molecule has 0 spiro atoms. The van der Waals surface area contributed by atoms with Crippen LogP contribution in [0.25, 0.3) is 33.4 Å². The second-order valence-electron chi connectivity index (χ2n) is 26.3. The first kappa shape index (κ1) is 65.9. The molecular weight excluding hydrogens is 1200 g/mol. The lowest BCUT2D eigenvalue weighted by Crippen LogP contribution is -2.26. The Bertz CT molecular complexity index is 4560. The quantitative estimate of drug-likeness (QED) is 0.0475. The first-order valence-corrected chi connectivity index (χ1v) is 35.1. The smallest absolute Gasteiger partial charge is 0.119 e. The van der Waals surface area contributed by atoms with E-state index in [4.69, 9.17) is 14.2 Å². The zero-order valence-corrected chi connectivity index (χ0v) is 58.1. The van der Waals surface area contributed by atoms with Crippen molar-refractivity contribution in [3.05, 3.63) is 307 Å². The maximum Gasteiger partial charge on any atom is 0.119 e. The first-order chi connectivity index (χ1) is 48.0. The number of nitrogens with zero attached hydrogens (tertiary/aromatic N) is 4. The molecule has 0 bridgehead atoms. The molecule has 12 aromatic rings. The lowest BCUT2D eigenvalue weighted by Gasteiger charge is -2.35. The van der Waals surface area contributed by atoms with Gasteiger partial charge in [-0.25, -0.2) is 0 Å². The van der Waals surface area contributed by atoms with Crippen molar-refractivity contribution >= 4 is 68.2 Å². The topological polar surface area (TPSA) is 40.7 Å². The van der Waals surface area contributed by atoms with Crippen LogP contribution in [0.1, 0.15) is 106 Å². The summed E-state index contributed by atoms with van der Waals surface area (Å²) in [5.74, 6) is 2.49. The molecule has 0 fully saturated rings. The minimum atomic E-state index is -0.223. The highest BCUT2D eigenvalue weighted by molar-refractivity contribution is 5.90. The molecule has 492 valence electrons. The van der Waals surface area contributed by atoms with Gasteiger partial charge in [0.05, 0.1) is 21.3 Å². The third kappa shape index (κ3) is 14.1. The molecule has 0 N–H and O–H groups in total. The van der Waals surface area contributed by atoms with E-state index in [1.54, 1.807) is 21.3 Å². The van der Waals surface area contributed by atoms with Crippen molar-refractivity contribution in [1.29, 1.82) is 0 Å². The Labute approximate surface area is 581 Å². The van der Waals surface area contributed by atoms with Gasteiger partial charge in [0.2, 0.25) is 0 Å². The van der Waals surface area contributed by atoms with Gasteiger partial charge in [-0.05, 0) is 260 Å². The number of anilines is 12. The summed E-state index contributed by atoms with van der Waals surface area (Å²) in [6, 6.07) is 103. The van der Waals surface area contributed by atoms with Crippen LogP contribution in [-0.2, 0) is 5.41 Å². The summed E-state index contributed by atoms with van der Waals surface area (Å²) in [6.07, 6.45) is 11.7. The molecule has 0 radical (unpaired) electrons. The largest absolute Gasteiger partial charge is 0.497 e. The number of ether oxygens (including phenoxy) is 3. The number of aryl methyl sites for hydroxylation is 3. The third-order valence-corrected chi connectivity index (χ3v) is 19.8. The molecule has 13 rings (SSSR count). The standard InChI is InChI=1S/C91H90N4O3/c1-9-11-13-15-61-91(62-16-14-12-10-2)89-63-82(94(74-35-21-67(5)22-36-74)77-41-27-70(28-42-77)68-23-37-75(38-24-68)92(72-31-17-65(3)18-32-72)79-45-53-84(96-6)54-46-79)51-59-87(89)88-60-52-83(64-90(88)91)95(81-49-57-86(98-8)58-50-81)78-43-29-71(30-44-78)69-25-39-76(40-26-69)93(73-33-19-66(4)20-34-73)80-47-55-85(97-7)56-48-80/h17-60,63-64H,9-16,61-62H2,1-8H3. The minimum Gasteiger partial charge on any atom is -0.497 e. The van der Waals surface area contributed by atoms with Gasteiger partial charge >= 0.3 is 0 Å². The molecule has 7 nitrogen and oxygen atoms in total. The van der Waals surface area contributed by atoms with Crippen LogP contribution in [0, 0.1) is 20.8 Å². The molecule has 0 saturated carbocycles. The van der Waals surface area contributed by atoms with Crippen molar-refractivity contribution in [3.63, 3.8) is 0 Å². The van der Waals surface area contributed by atoms with Crippen molar-refractivity contribution < 1.29 is 14.2 Å². The number of unbranched alkanes of at least 4 members (excludes halogenated alkanes) is 6. The first-order valence-electron chi connectivity index (χ1n) is 35.1. The van der Waals surface area contributed by atoms with Crippen molar-refractivity contribution in [2.24, 2.45) is 0 Å². The third-order valence-electron chi connectivity index (χ3n) is 19.8. The SMILES string of the molecule is CCCCCCC1(CCCCCC)c2cc(N(c3ccc(C)cc3)c3ccc(-c4ccc(N(c5ccc(C)cc5)c5ccc(OC)cc5)cc4)cc3)ccc2-c2ccc(N(c3ccc(OC)cc3)c3ccc(-c4ccc(N(c5ccc(C)cc5)c5ccc(OC)cc5)cc4)cc3)cc21. The number of hydrogen-bond donors (Lipinski definition) is 0. The summed E-state index contributed by atoms with van der Waals surface area (Å²) < 4.78 is 16.8. The van der Waals surface area contributed by atoms with Crippen LogP contribution < -0.4 is 33.8 Å². The van der Waals surface area contributed by atoms with Gasteiger partial charge in [0.15, 0.2) is 0 Å². The van der Waals surface area contributed by atoms with E-state index in [0.717, 1.165) is 133 Å². The second kappa shape index (κ2) is 30.1. The Morgan fingerprint density at radius 3 is 0.694 bits per heavy atom. The second-order valence-corrected chi connectivity index (χ2v) is 26.3. The Kier molecular flexibility index (Phi) is 20.2. The average molecular weight is 1290 g/mol. The van der Waals surface area contributed by atoms with Crippen LogP contribution in [0.4, 0.5) is 68.2 Å². The average Bonchev–Trinajstić information content (AvgIpc) is 1.54. The number of fused-ring (bicyclic) bond motifs is 3. The van der Waals surface area contributed by atoms with E-state index in [0.29, 0.717) is 0 Å². The van der Waals surface area contributed by atoms with E-state index >= 15 is 0 Å². The van der Waals surface area contributed by atoms with E-state index < -0.39 is 0 Å². The van der Waals surface area contributed by atoms with Gasteiger partial charge in [0.25, 0.3) is 0 Å². The van der Waals surface area contributed by atoms with Crippen LogP contribution in [0.2, 0.25) is 0 Å². The number of methoxy groups -OCH3 is 3. The van der Waals surface area contributed by atoms with Crippen molar-refractivity contribution in [1.82, 2.24) is 0 Å². The van der Waals surface area contributed by atoms with Crippen LogP contribution >= 0.6 is 0 Å². The molecule has 1 aliphatic carbocycles. The predicted molar refractivity (Wildman–Crippen MR) is 414 cm³/mol. The fraction of sp³-hybridized carbons (Fsp3) is 0.209. The summed E-state index contributed by atoms with van der Waals surface area (Å²) in [5.41, 5.74) is 26.8. The summed E-state index contributed by atoms with van der Waals surface area (Å²) in [4.78, 5) is 9.51. The highest BCUT2D eigenvalue weighted by Gasteiger charge is 2.43. The molecule has 7 heteroatoms. The highest BCUT2D eigenvalue weighted by atomic mass is 16.5. The molecule has 0 unspecified atom stereocenters. The van der Waals surface area contributed by atoms with Crippen molar-refractivity contribution in [3.8, 4) is 50.6 Å². The fourth-order valence-electron chi connectivity index (χ4n) is 14.4. The zero-order chi connectivity index (χ0) is 67.5. The van der Waals surface area contributed by atoms with E-state index in [9.17, 15) is 0 Å². The monoisotopic (exact) mass is 1290 g/mol. The van der Waals surface area contributed by atoms with Crippen molar-refractivity contribution in [2.75, 3.05) is 40.9 Å². The molecule has 0 aromatic heterocycles. The molecule has 0 amide bonds. The molecule has 0 atom stereocenters. The van der Waals surface area contributed by atoms with Crippen LogP contribution in [-0.4, -0.2) is 21.3 Å². The normalized spacial score (nSPS) is 12.0. The van der Waals surface area contributed by atoms with E-state index in [2.05, 4.69) is 309 Å². The predicted octanol–water partition coefficient (Wildman–Crippen LogP) is 26.1. The molecule has 0 saturated heterocycles. The fourth-order valence-corrected chi connectivity index (χ4v) is 14.4. The lowest BCUT2D eigenvalue weighted by atomic mass is 9.70. The van der Waals surface area contributed by atoms with Gasteiger partial charge in [0, 0.05) is 73.7 Å². The van der Waals surface area contributed by atoms with Gasteiger partial charge in [-0.1, -0.05) is 179 Å². The van der Waals surface area contributed by atoms with Crippen LogP contribution in [0.5, 0.6) is 17.2 Å². The van der Waals surface area contributed by atoms with Gasteiger partial charge in [-0.2, -0.15) is 0 Å². The van der Waals surface area contributed by atoms with Gasteiger partial charge in [0.1, 0.15) is 17.2 Å². The molecule has 1 aliphatic rings. The van der Waals surface area contributed by atoms with Gasteiger partial charge < -0.3 is 33.8 Å². The van der Waals surface area contributed by atoms with Gasteiger partial charge in [-0.3, -0.25) is 0 Å². The molecule has 0 heterocycles. The highest BCUT2D eigenvalue weighted by Crippen LogP contribution is 2.57. The van der Waals surface area contributed by atoms with E-state index in [1.165, 1.54) is 77.5 Å². The summed E-state index contributed by atoms with van der Waals surface area (Å²) in [6.45, 7) is 11.1. The number of hydrogen-bond acceptors (Lipinski definition) is 7. The Hall–Kier alpha value is -10.8. The molecular formula is C91H90N4O3.